The SMILES string of the molecule is CCC(C)[C@H](NC(=O)c1ccncc1O)C(=O)O. The first-order chi connectivity index (χ1) is 8.47. The molecule has 1 rings (SSSR count). The predicted molar refractivity (Wildman–Crippen MR) is 64.2 cm³/mol. The van der Waals surface area contributed by atoms with Gasteiger partial charge in [-0.25, -0.2) is 4.79 Å². The van der Waals surface area contributed by atoms with Gasteiger partial charge < -0.3 is 15.5 Å². The van der Waals surface area contributed by atoms with Gasteiger partial charge in [-0.05, 0) is 12.0 Å². The third-order valence-corrected chi connectivity index (χ3v) is 2.81. The quantitative estimate of drug-likeness (QED) is 0.726. The van der Waals surface area contributed by atoms with Gasteiger partial charge in [-0.2, -0.15) is 0 Å². The van der Waals surface area contributed by atoms with Gasteiger partial charge in [-0.3, -0.25) is 9.78 Å². The number of carbonyl (C=O) groups is 2. The second kappa shape index (κ2) is 6.00. The first-order valence-electron chi connectivity index (χ1n) is 5.64. The second-order valence-electron chi connectivity index (χ2n) is 4.07. The number of nitrogens with zero attached hydrogens (tertiary/aromatic N) is 1. The van der Waals surface area contributed by atoms with Crippen LogP contribution >= 0.6 is 0 Å². The highest BCUT2D eigenvalue weighted by molar-refractivity contribution is 5.98. The molecule has 0 fully saturated rings. The number of nitrogens with one attached hydrogen (secondary N) is 1. The number of carboxylic acid groups (broad SMARTS) is 1. The van der Waals surface area contributed by atoms with Gasteiger partial charge in [0.05, 0.1) is 11.8 Å². The molecule has 2 atom stereocenters. The molecule has 0 aliphatic rings. The Labute approximate surface area is 105 Å². The summed E-state index contributed by atoms with van der Waals surface area (Å²) in [5.74, 6) is -2.19. The molecule has 1 amide bonds. The molecule has 3 N–H and O–H groups in total. The molecule has 18 heavy (non-hydrogen) atoms. The maximum atomic E-state index is 11.8. The van der Waals surface area contributed by atoms with Crippen LogP contribution in [0.15, 0.2) is 18.5 Å². The number of rotatable bonds is 5. The maximum Gasteiger partial charge on any atom is 0.326 e. The average Bonchev–Trinajstić information content (AvgIpc) is 2.35. The van der Waals surface area contributed by atoms with Gasteiger partial charge in [0, 0.05) is 6.20 Å². The molecule has 1 aromatic heterocycles. The number of amides is 1. The Hall–Kier alpha value is -2.11. The Bertz CT molecular complexity index is 447. The molecule has 1 aromatic rings. The van der Waals surface area contributed by atoms with Crippen LogP contribution < -0.4 is 5.32 Å². The minimum atomic E-state index is -1.09. The van der Waals surface area contributed by atoms with Crippen LogP contribution in [-0.4, -0.2) is 33.1 Å². The van der Waals surface area contributed by atoms with Crippen LogP contribution in [0.5, 0.6) is 5.75 Å². The van der Waals surface area contributed by atoms with E-state index in [4.69, 9.17) is 5.11 Å². The van der Waals surface area contributed by atoms with Gasteiger partial charge >= 0.3 is 5.97 Å². The normalized spacial score (nSPS) is 13.7. The van der Waals surface area contributed by atoms with Gasteiger partial charge in [-0.1, -0.05) is 20.3 Å². The zero-order valence-corrected chi connectivity index (χ0v) is 10.3. The first kappa shape index (κ1) is 14.0. The number of aliphatic carboxylic acids is 1. The van der Waals surface area contributed by atoms with Gasteiger partial charge in [0.1, 0.15) is 11.8 Å². The Morgan fingerprint density at radius 1 is 1.50 bits per heavy atom. The second-order valence-corrected chi connectivity index (χ2v) is 4.07. The number of hydrogen-bond donors (Lipinski definition) is 3. The molecule has 1 heterocycles. The van der Waals surface area contributed by atoms with Crippen molar-refractivity contribution in [3.8, 4) is 5.75 Å². The Morgan fingerprint density at radius 2 is 2.17 bits per heavy atom. The molecule has 0 aliphatic carbocycles. The number of hydrogen-bond acceptors (Lipinski definition) is 4. The Morgan fingerprint density at radius 3 is 2.67 bits per heavy atom. The zero-order valence-electron chi connectivity index (χ0n) is 10.3. The van der Waals surface area contributed by atoms with E-state index in [1.165, 1.54) is 12.3 Å². The van der Waals surface area contributed by atoms with E-state index in [1.54, 1.807) is 6.92 Å². The molecule has 0 spiro atoms. The highest BCUT2D eigenvalue weighted by atomic mass is 16.4. The lowest BCUT2D eigenvalue weighted by atomic mass is 9.99. The van der Waals surface area contributed by atoms with Crippen molar-refractivity contribution in [2.75, 3.05) is 0 Å². The molecular formula is C12H16N2O4. The van der Waals surface area contributed by atoms with Crippen LogP contribution in [0.25, 0.3) is 0 Å². The number of carbonyl (C=O) groups excluding carboxylic acids is 1. The van der Waals surface area contributed by atoms with Crippen molar-refractivity contribution in [3.05, 3.63) is 24.0 Å². The summed E-state index contributed by atoms with van der Waals surface area (Å²) in [6.45, 7) is 3.59. The van der Waals surface area contributed by atoms with Crippen molar-refractivity contribution in [2.24, 2.45) is 5.92 Å². The van der Waals surface area contributed by atoms with Crippen molar-refractivity contribution < 1.29 is 19.8 Å². The zero-order chi connectivity index (χ0) is 13.7. The fourth-order valence-corrected chi connectivity index (χ4v) is 1.48. The summed E-state index contributed by atoms with van der Waals surface area (Å²) in [5, 5.41) is 20.9. The summed E-state index contributed by atoms with van der Waals surface area (Å²) in [4.78, 5) is 26.5. The van der Waals surface area contributed by atoms with Gasteiger partial charge in [-0.15, -0.1) is 0 Å². The van der Waals surface area contributed by atoms with E-state index in [-0.39, 0.29) is 17.2 Å². The standard InChI is InChI=1S/C12H16N2O4/c1-3-7(2)10(12(17)18)14-11(16)8-4-5-13-6-9(8)15/h4-7,10,15H,3H2,1-2H3,(H,14,16)(H,17,18)/t7?,10-/m0/s1. The van der Waals surface area contributed by atoms with E-state index in [0.717, 1.165) is 6.20 Å². The number of aromatic nitrogens is 1. The minimum absolute atomic E-state index is 0.0135. The van der Waals surface area contributed by atoms with E-state index in [0.29, 0.717) is 6.42 Å². The monoisotopic (exact) mass is 252 g/mol. The molecule has 6 heteroatoms. The molecule has 0 saturated heterocycles. The molecule has 0 bridgehead atoms. The molecule has 6 nitrogen and oxygen atoms in total. The number of carboxylic acids is 1. The van der Waals surface area contributed by atoms with E-state index in [1.807, 2.05) is 6.92 Å². The minimum Gasteiger partial charge on any atom is -0.505 e. The lowest BCUT2D eigenvalue weighted by Gasteiger charge is -2.20. The smallest absolute Gasteiger partial charge is 0.326 e. The highest BCUT2D eigenvalue weighted by Crippen LogP contribution is 2.15. The maximum absolute atomic E-state index is 11.8. The van der Waals surface area contributed by atoms with Crippen LogP contribution in [-0.2, 0) is 4.79 Å². The largest absolute Gasteiger partial charge is 0.505 e. The summed E-state index contributed by atoms with van der Waals surface area (Å²) in [7, 11) is 0. The van der Waals surface area contributed by atoms with E-state index in [9.17, 15) is 14.7 Å². The fourth-order valence-electron chi connectivity index (χ4n) is 1.48. The van der Waals surface area contributed by atoms with Crippen molar-refractivity contribution in [1.29, 1.82) is 0 Å². The van der Waals surface area contributed by atoms with Crippen molar-refractivity contribution >= 4 is 11.9 Å². The van der Waals surface area contributed by atoms with Crippen molar-refractivity contribution in [3.63, 3.8) is 0 Å². The van der Waals surface area contributed by atoms with Gasteiger partial charge in [0.15, 0.2) is 0 Å². The molecule has 98 valence electrons. The average molecular weight is 252 g/mol. The van der Waals surface area contributed by atoms with Gasteiger partial charge in [0.2, 0.25) is 0 Å². The molecule has 0 aliphatic heterocycles. The van der Waals surface area contributed by atoms with Crippen molar-refractivity contribution in [2.45, 2.75) is 26.3 Å². The van der Waals surface area contributed by atoms with E-state index < -0.39 is 17.9 Å². The topological polar surface area (TPSA) is 99.5 Å². The number of pyridine rings is 1. The van der Waals surface area contributed by atoms with Crippen LogP contribution in [0.2, 0.25) is 0 Å². The van der Waals surface area contributed by atoms with E-state index in [2.05, 4.69) is 10.3 Å². The summed E-state index contributed by atoms with van der Waals surface area (Å²) >= 11 is 0. The Balaban J connectivity index is 2.86. The van der Waals surface area contributed by atoms with Crippen LogP contribution in [0.3, 0.4) is 0 Å². The Kier molecular flexibility index (Phi) is 4.65. The van der Waals surface area contributed by atoms with E-state index >= 15 is 0 Å². The fraction of sp³-hybridized carbons (Fsp3) is 0.417. The van der Waals surface area contributed by atoms with Crippen molar-refractivity contribution in [1.82, 2.24) is 10.3 Å². The van der Waals surface area contributed by atoms with Crippen LogP contribution in [0, 0.1) is 5.92 Å². The molecule has 0 radical (unpaired) electrons. The third kappa shape index (κ3) is 3.19. The molecular weight excluding hydrogens is 236 g/mol. The number of aromatic hydroxyl groups is 1. The third-order valence-electron chi connectivity index (χ3n) is 2.81. The highest BCUT2D eigenvalue weighted by Gasteiger charge is 2.26. The summed E-state index contributed by atoms with van der Waals surface area (Å²) in [6, 6.07) is 0.357. The lowest BCUT2D eigenvalue weighted by molar-refractivity contribution is -0.140. The summed E-state index contributed by atoms with van der Waals surface area (Å²) in [5.41, 5.74) is 0.0135. The van der Waals surface area contributed by atoms with Crippen LogP contribution in [0.4, 0.5) is 0 Å². The van der Waals surface area contributed by atoms with Gasteiger partial charge in [0.25, 0.3) is 5.91 Å². The van der Waals surface area contributed by atoms with Crippen LogP contribution in [0.1, 0.15) is 30.6 Å². The molecule has 1 unspecified atom stereocenters. The molecule has 0 saturated carbocycles. The predicted octanol–water partition coefficient (Wildman–Crippen LogP) is 1.02. The lowest BCUT2D eigenvalue weighted by Crippen LogP contribution is -2.45. The first-order valence-corrected chi connectivity index (χ1v) is 5.64. The summed E-state index contributed by atoms with van der Waals surface area (Å²) in [6.07, 6.45) is 3.11. The molecule has 0 aromatic carbocycles. The summed E-state index contributed by atoms with van der Waals surface area (Å²) < 4.78 is 0.